The number of carbonyl (C=O) groups is 1. The zero-order valence-electron chi connectivity index (χ0n) is 8.67. The Balaban J connectivity index is 1.87. The third-order valence-corrected chi connectivity index (χ3v) is 5.93. The lowest BCUT2D eigenvalue weighted by Gasteiger charge is -2.06. The number of ether oxygens (including phenoxy) is 1. The first kappa shape index (κ1) is 12.7. The molecule has 0 aromatic carbocycles. The van der Waals surface area contributed by atoms with E-state index in [4.69, 9.17) is 4.74 Å². The fraction of sp³-hybridized carbons (Fsp3) is 0.545. The van der Waals surface area contributed by atoms with E-state index in [0.29, 0.717) is 12.5 Å². The third kappa shape index (κ3) is 3.15. The van der Waals surface area contributed by atoms with Gasteiger partial charge in [0.2, 0.25) is 0 Å². The molecule has 1 aromatic rings. The van der Waals surface area contributed by atoms with Crippen molar-refractivity contribution in [2.24, 2.45) is 0 Å². The Hall–Kier alpha value is 0.290. The molecule has 1 saturated heterocycles. The summed E-state index contributed by atoms with van der Waals surface area (Å²) in [6.07, 6.45) is 3.98. The lowest BCUT2D eigenvalue weighted by molar-refractivity contribution is 0.0862. The van der Waals surface area contributed by atoms with Gasteiger partial charge < -0.3 is 4.74 Å². The topological polar surface area (TPSA) is 26.3 Å². The number of Topliss-reactive ketones (excluding diaryl/α,β-unsaturated/α-hetero) is 1. The fourth-order valence-electron chi connectivity index (χ4n) is 1.77. The van der Waals surface area contributed by atoms with Gasteiger partial charge in [-0.05, 0) is 57.2 Å². The van der Waals surface area contributed by atoms with Gasteiger partial charge in [0, 0.05) is 17.5 Å². The molecule has 2 heterocycles. The average molecular weight is 368 g/mol. The average Bonchev–Trinajstić information content (AvgIpc) is 2.86. The molecule has 0 saturated carbocycles. The van der Waals surface area contributed by atoms with E-state index in [1.807, 2.05) is 6.07 Å². The molecule has 1 unspecified atom stereocenters. The molecular weight excluding hydrogens is 356 g/mol. The van der Waals surface area contributed by atoms with Crippen molar-refractivity contribution in [2.45, 2.75) is 31.8 Å². The van der Waals surface area contributed by atoms with Crippen molar-refractivity contribution >= 4 is 49.0 Å². The summed E-state index contributed by atoms with van der Waals surface area (Å²) in [5.41, 5.74) is 0. The minimum absolute atomic E-state index is 0.215. The summed E-state index contributed by atoms with van der Waals surface area (Å²) >= 11 is 8.27. The van der Waals surface area contributed by atoms with Crippen LogP contribution in [0.4, 0.5) is 0 Å². The van der Waals surface area contributed by atoms with Gasteiger partial charge in [0.15, 0.2) is 5.78 Å². The Morgan fingerprint density at radius 3 is 2.94 bits per heavy atom. The molecule has 2 nitrogen and oxygen atoms in total. The molecular formula is C11H12Br2O2S. The summed E-state index contributed by atoms with van der Waals surface area (Å²) in [5.74, 6) is 0.215. The largest absolute Gasteiger partial charge is 0.378 e. The maximum atomic E-state index is 11.9. The van der Waals surface area contributed by atoms with Crippen molar-refractivity contribution in [2.75, 3.05) is 6.61 Å². The molecule has 0 spiro atoms. The quantitative estimate of drug-likeness (QED) is 0.736. The van der Waals surface area contributed by atoms with Gasteiger partial charge in [0.25, 0.3) is 0 Å². The van der Waals surface area contributed by atoms with Crippen LogP contribution in [0.1, 0.15) is 35.4 Å². The zero-order valence-corrected chi connectivity index (χ0v) is 12.7. The van der Waals surface area contributed by atoms with Gasteiger partial charge >= 0.3 is 0 Å². The second-order valence-corrected chi connectivity index (χ2v) is 7.05. The minimum Gasteiger partial charge on any atom is -0.378 e. The summed E-state index contributed by atoms with van der Waals surface area (Å²) in [7, 11) is 0. The molecule has 1 atom stereocenters. The number of ketones is 1. The van der Waals surface area contributed by atoms with Crippen LogP contribution in [0.25, 0.3) is 0 Å². The van der Waals surface area contributed by atoms with Gasteiger partial charge in [0.05, 0.1) is 14.8 Å². The van der Waals surface area contributed by atoms with Crippen LogP contribution in [0.3, 0.4) is 0 Å². The minimum atomic E-state index is 0.215. The smallest absolute Gasteiger partial charge is 0.172 e. The number of halogens is 2. The van der Waals surface area contributed by atoms with Crippen molar-refractivity contribution in [1.82, 2.24) is 0 Å². The molecule has 0 radical (unpaired) electrons. The van der Waals surface area contributed by atoms with E-state index in [1.54, 1.807) is 0 Å². The molecule has 5 heteroatoms. The van der Waals surface area contributed by atoms with Crippen LogP contribution in [-0.2, 0) is 4.74 Å². The van der Waals surface area contributed by atoms with Gasteiger partial charge in [-0.2, -0.15) is 0 Å². The first-order valence-electron chi connectivity index (χ1n) is 5.26. The molecule has 16 heavy (non-hydrogen) atoms. The van der Waals surface area contributed by atoms with Crippen LogP contribution in [0.15, 0.2) is 14.3 Å². The van der Waals surface area contributed by atoms with Gasteiger partial charge in [-0.15, -0.1) is 11.3 Å². The Kier molecular flexibility index (Phi) is 4.58. The summed E-state index contributed by atoms with van der Waals surface area (Å²) < 4.78 is 7.44. The Labute approximate surface area is 116 Å². The molecule has 1 aromatic heterocycles. The van der Waals surface area contributed by atoms with Crippen molar-refractivity contribution in [3.63, 3.8) is 0 Å². The highest BCUT2D eigenvalue weighted by atomic mass is 79.9. The molecule has 2 rings (SSSR count). The van der Waals surface area contributed by atoms with E-state index in [9.17, 15) is 4.79 Å². The summed E-state index contributed by atoms with van der Waals surface area (Å²) in [5, 5.41) is 0. The lowest BCUT2D eigenvalue weighted by atomic mass is 10.1. The SMILES string of the molecule is O=C(CCC1CCCO1)c1cc(Br)c(Br)s1. The van der Waals surface area contributed by atoms with Gasteiger partial charge in [0.1, 0.15) is 0 Å². The number of rotatable bonds is 4. The standard InChI is InChI=1S/C11H12Br2O2S/c12-8-6-10(16-11(8)13)9(14)4-3-7-2-1-5-15-7/h6-7H,1-5H2. The summed E-state index contributed by atoms with van der Waals surface area (Å²) in [4.78, 5) is 12.7. The highest BCUT2D eigenvalue weighted by Crippen LogP contribution is 2.33. The van der Waals surface area contributed by atoms with E-state index >= 15 is 0 Å². The second-order valence-electron chi connectivity index (χ2n) is 3.83. The zero-order chi connectivity index (χ0) is 11.5. The van der Waals surface area contributed by atoms with Crippen LogP contribution in [-0.4, -0.2) is 18.5 Å². The van der Waals surface area contributed by atoms with Crippen molar-refractivity contribution < 1.29 is 9.53 Å². The molecule has 0 amide bonds. The lowest BCUT2D eigenvalue weighted by Crippen LogP contribution is -2.08. The van der Waals surface area contributed by atoms with Gasteiger partial charge in [-0.25, -0.2) is 0 Å². The summed E-state index contributed by atoms with van der Waals surface area (Å²) in [6.45, 7) is 0.856. The summed E-state index contributed by atoms with van der Waals surface area (Å²) in [6, 6.07) is 1.88. The third-order valence-electron chi connectivity index (χ3n) is 2.64. The molecule has 1 fully saturated rings. The molecule has 0 N–H and O–H groups in total. The molecule has 88 valence electrons. The highest BCUT2D eigenvalue weighted by Gasteiger charge is 2.18. The number of thiophene rings is 1. The first-order valence-corrected chi connectivity index (χ1v) is 7.66. The van der Waals surface area contributed by atoms with Gasteiger partial charge in [-0.3, -0.25) is 4.79 Å². The Morgan fingerprint density at radius 2 is 2.38 bits per heavy atom. The molecule has 1 aliphatic heterocycles. The number of hydrogen-bond donors (Lipinski definition) is 0. The molecule has 0 aliphatic carbocycles. The monoisotopic (exact) mass is 366 g/mol. The van der Waals surface area contributed by atoms with Crippen molar-refractivity contribution in [3.8, 4) is 0 Å². The van der Waals surface area contributed by atoms with E-state index in [1.165, 1.54) is 11.3 Å². The fourth-order valence-corrected chi connectivity index (χ4v) is 3.77. The maximum Gasteiger partial charge on any atom is 0.172 e. The maximum absolute atomic E-state index is 11.9. The Morgan fingerprint density at radius 1 is 1.56 bits per heavy atom. The van der Waals surface area contributed by atoms with Crippen LogP contribution in [0.2, 0.25) is 0 Å². The highest BCUT2D eigenvalue weighted by molar-refractivity contribution is 9.13. The number of carbonyl (C=O) groups excluding carboxylic acids is 1. The van der Waals surface area contributed by atoms with E-state index < -0.39 is 0 Å². The van der Waals surface area contributed by atoms with Crippen LogP contribution in [0, 0.1) is 0 Å². The van der Waals surface area contributed by atoms with Crippen LogP contribution in [0.5, 0.6) is 0 Å². The predicted molar refractivity (Wildman–Crippen MR) is 72.3 cm³/mol. The predicted octanol–water partition coefficient (Wildman–Crippen LogP) is 4.42. The van der Waals surface area contributed by atoms with E-state index in [-0.39, 0.29) is 5.78 Å². The normalized spacial score (nSPS) is 20.2. The van der Waals surface area contributed by atoms with Crippen LogP contribution >= 0.6 is 43.2 Å². The van der Waals surface area contributed by atoms with Gasteiger partial charge in [-0.1, -0.05) is 0 Å². The first-order chi connectivity index (χ1) is 7.66. The second kappa shape index (κ2) is 5.76. The molecule has 1 aliphatic rings. The number of hydrogen-bond acceptors (Lipinski definition) is 3. The van der Waals surface area contributed by atoms with Crippen molar-refractivity contribution in [1.29, 1.82) is 0 Å². The Bertz CT molecular complexity index is 364. The van der Waals surface area contributed by atoms with E-state index in [0.717, 1.165) is 39.0 Å². The molecule has 0 bridgehead atoms. The van der Waals surface area contributed by atoms with E-state index in [2.05, 4.69) is 31.9 Å². The van der Waals surface area contributed by atoms with Crippen molar-refractivity contribution in [3.05, 3.63) is 19.2 Å². The van der Waals surface area contributed by atoms with Crippen LogP contribution < -0.4 is 0 Å².